The van der Waals surface area contributed by atoms with Crippen molar-refractivity contribution in [3.63, 3.8) is 0 Å². The zero-order valence-electron chi connectivity index (χ0n) is 31.4. The van der Waals surface area contributed by atoms with E-state index in [0.717, 1.165) is 19.3 Å². The minimum Gasteiger partial charge on any atom is -0.469 e. The standard InChI is InChI=1S/C34H60O23/c1-49-18(38)8-6-4-2-3-5-7-9-50-32-28(48)29(22(42)17(55-32)13-51-31-26(46)23(43)19(39)14(10-35)52-31)56-34-30(25(45)21(41)16(12-37)54-34)57-33-27(47)24(44)20(40)15(11-36)53-33/h14-17,19-37,39-48H,2-13H2,1H3/t14-,15-,16-,17-,19-,20-,21-,22-,23+,24+,25+,26+,27+,28+,29+,30+,31+,32-,33-,34-/m1/s1. The molecule has 4 heterocycles. The van der Waals surface area contributed by atoms with Crippen molar-refractivity contribution in [1.82, 2.24) is 0 Å². The normalized spacial score (nSPS) is 44.2. The van der Waals surface area contributed by atoms with Gasteiger partial charge in [0, 0.05) is 13.0 Å². The molecule has 0 unspecified atom stereocenters. The van der Waals surface area contributed by atoms with Gasteiger partial charge in [-0.1, -0.05) is 25.7 Å². The molecule has 4 aliphatic heterocycles. The third kappa shape index (κ3) is 12.1. The topological polar surface area (TPSA) is 363 Å². The van der Waals surface area contributed by atoms with Crippen molar-refractivity contribution < 1.29 is 114 Å². The van der Waals surface area contributed by atoms with Gasteiger partial charge in [-0.2, -0.15) is 0 Å². The highest BCUT2D eigenvalue weighted by atomic mass is 16.8. The van der Waals surface area contributed by atoms with Gasteiger partial charge in [-0.05, 0) is 12.8 Å². The lowest BCUT2D eigenvalue weighted by Gasteiger charge is -2.48. The van der Waals surface area contributed by atoms with Crippen LogP contribution in [0.25, 0.3) is 0 Å². The first-order chi connectivity index (χ1) is 27.2. The maximum Gasteiger partial charge on any atom is 0.305 e. The van der Waals surface area contributed by atoms with Crippen LogP contribution in [-0.4, -0.2) is 235 Å². The van der Waals surface area contributed by atoms with Crippen LogP contribution < -0.4 is 0 Å². The second-order valence-electron chi connectivity index (χ2n) is 14.5. The van der Waals surface area contributed by atoms with E-state index < -0.39 is 149 Å². The number of esters is 1. The summed E-state index contributed by atoms with van der Waals surface area (Å²) in [7, 11) is 1.32. The predicted molar refractivity (Wildman–Crippen MR) is 182 cm³/mol. The smallest absolute Gasteiger partial charge is 0.305 e. The van der Waals surface area contributed by atoms with E-state index in [1.54, 1.807) is 0 Å². The van der Waals surface area contributed by atoms with Crippen molar-refractivity contribution in [3.8, 4) is 0 Å². The molecule has 0 saturated carbocycles. The molecule has 0 spiro atoms. The van der Waals surface area contributed by atoms with Crippen LogP contribution in [0, 0.1) is 0 Å². The Morgan fingerprint density at radius 3 is 1.49 bits per heavy atom. The molecule has 0 aliphatic carbocycles. The number of rotatable bonds is 20. The lowest BCUT2D eigenvalue weighted by Crippen LogP contribution is -2.67. The molecule has 4 aliphatic rings. The fourth-order valence-electron chi connectivity index (χ4n) is 6.91. The fraction of sp³-hybridized carbons (Fsp3) is 0.971. The van der Waals surface area contributed by atoms with Crippen molar-refractivity contribution in [2.45, 2.75) is 168 Å². The predicted octanol–water partition coefficient (Wildman–Crippen LogP) is -6.82. The Morgan fingerprint density at radius 1 is 0.456 bits per heavy atom. The number of hydrogen-bond acceptors (Lipinski definition) is 23. The molecule has 0 amide bonds. The Kier molecular flexibility index (Phi) is 19.5. The highest BCUT2D eigenvalue weighted by molar-refractivity contribution is 5.68. The monoisotopic (exact) mass is 836 g/mol. The van der Waals surface area contributed by atoms with E-state index in [9.17, 15) is 71.2 Å². The second-order valence-corrected chi connectivity index (χ2v) is 14.5. The van der Waals surface area contributed by atoms with E-state index in [-0.39, 0.29) is 12.6 Å². The van der Waals surface area contributed by atoms with Crippen LogP contribution in [0.4, 0.5) is 0 Å². The summed E-state index contributed by atoms with van der Waals surface area (Å²) in [6.07, 6.45) is -30.1. The van der Waals surface area contributed by atoms with Crippen molar-refractivity contribution in [3.05, 3.63) is 0 Å². The van der Waals surface area contributed by atoms with E-state index in [2.05, 4.69) is 4.74 Å². The van der Waals surface area contributed by atoms with E-state index >= 15 is 0 Å². The van der Waals surface area contributed by atoms with Gasteiger partial charge in [-0.15, -0.1) is 0 Å². The SMILES string of the molecule is COC(=O)CCCCCCCCO[C@@H]1O[C@H](CO[C@H]2O[C@H](CO)[C@@H](O)[C@H](O)[C@@H]2O)[C@@H](O)[C@H](O[C@H]2O[C@H](CO)[C@@H](O)[C@H](O)[C@@H]2O[C@H]2O[C@H](CO)[C@@H](O)[C@H](O)[C@@H]2O)[C@@H]1O. The van der Waals surface area contributed by atoms with Gasteiger partial charge in [-0.3, -0.25) is 4.79 Å². The maximum atomic E-state index is 11.5. The maximum absolute atomic E-state index is 11.5. The molecule has 4 rings (SSSR count). The Bertz CT molecular complexity index is 1170. The molecule has 334 valence electrons. The minimum absolute atomic E-state index is 0.0350. The van der Waals surface area contributed by atoms with E-state index in [4.69, 9.17) is 37.9 Å². The highest BCUT2D eigenvalue weighted by Crippen LogP contribution is 2.34. The second kappa shape index (κ2) is 23.0. The average Bonchev–Trinajstić information content (AvgIpc) is 3.20. The van der Waals surface area contributed by atoms with Crippen molar-refractivity contribution in [2.24, 2.45) is 0 Å². The molecule has 13 N–H and O–H groups in total. The van der Waals surface area contributed by atoms with E-state index in [0.29, 0.717) is 25.7 Å². The Balaban J connectivity index is 1.49. The lowest BCUT2D eigenvalue weighted by molar-refractivity contribution is -0.390. The zero-order chi connectivity index (χ0) is 42.0. The lowest BCUT2D eigenvalue weighted by atomic mass is 9.96. The first-order valence-corrected chi connectivity index (χ1v) is 19.0. The first kappa shape index (κ1) is 48.3. The summed E-state index contributed by atoms with van der Waals surface area (Å²) in [4.78, 5) is 11.3. The summed E-state index contributed by atoms with van der Waals surface area (Å²) >= 11 is 0. The summed E-state index contributed by atoms with van der Waals surface area (Å²) < 4.78 is 50.0. The summed E-state index contributed by atoms with van der Waals surface area (Å²) in [6, 6.07) is 0. The van der Waals surface area contributed by atoms with E-state index in [1.807, 2.05) is 0 Å². The third-order valence-corrected chi connectivity index (χ3v) is 10.5. The minimum atomic E-state index is -1.97. The Morgan fingerprint density at radius 2 is 0.912 bits per heavy atom. The Hall–Kier alpha value is -1.37. The average molecular weight is 837 g/mol. The van der Waals surface area contributed by atoms with Gasteiger partial charge >= 0.3 is 5.97 Å². The molecule has 0 radical (unpaired) electrons. The number of unbranched alkanes of at least 4 members (excludes halogenated alkanes) is 5. The number of aliphatic hydroxyl groups excluding tert-OH is 13. The summed E-state index contributed by atoms with van der Waals surface area (Å²) in [6.45, 7) is -3.04. The van der Waals surface area contributed by atoms with Gasteiger partial charge in [0.15, 0.2) is 25.2 Å². The molecule has 23 heteroatoms. The van der Waals surface area contributed by atoms with Crippen LogP contribution in [0.15, 0.2) is 0 Å². The summed E-state index contributed by atoms with van der Waals surface area (Å²) in [5.74, 6) is -0.285. The fourth-order valence-corrected chi connectivity index (χ4v) is 6.91. The molecule has 0 aromatic rings. The molecular formula is C34H60O23. The van der Waals surface area contributed by atoms with Crippen molar-refractivity contribution in [1.29, 1.82) is 0 Å². The largest absolute Gasteiger partial charge is 0.469 e. The first-order valence-electron chi connectivity index (χ1n) is 19.0. The molecule has 0 aromatic heterocycles. The molecule has 4 fully saturated rings. The molecule has 0 bridgehead atoms. The number of carbonyl (C=O) groups is 1. The summed E-state index contributed by atoms with van der Waals surface area (Å²) in [5, 5.41) is 136. The van der Waals surface area contributed by atoms with Gasteiger partial charge in [0.25, 0.3) is 0 Å². The van der Waals surface area contributed by atoms with Crippen LogP contribution >= 0.6 is 0 Å². The molecule has 4 saturated heterocycles. The number of methoxy groups -OCH3 is 1. The quantitative estimate of drug-likeness (QED) is 0.0400. The number of ether oxygens (including phenoxy) is 9. The Labute approximate surface area is 327 Å². The third-order valence-electron chi connectivity index (χ3n) is 10.5. The van der Waals surface area contributed by atoms with Crippen LogP contribution in [0.1, 0.15) is 44.9 Å². The molecule has 23 nitrogen and oxygen atoms in total. The van der Waals surface area contributed by atoms with Crippen LogP contribution in [0.5, 0.6) is 0 Å². The van der Waals surface area contributed by atoms with Gasteiger partial charge in [0.2, 0.25) is 0 Å². The van der Waals surface area contributed by atoms with Gasteiger partial charge in [-0.25, -0.2) is 0 Å². The number of carbonyl (C=O) groups excluding carboxylic acids is 1. The van der Waals surface area contributed by atoms with E-state index in [1.165, 1.54) is 7.11 Å². The van der Waals surface area contributed by atoms with Crippen molar-refractivity contribution >= 4 is 5.97 Å². The molecule has 57 heavy (non-hydrogen) atoms. The van der Waals surface area contributed by atoms with Crippen molar-refractivity contribution in [2.75, 3.05) is 40.1 Å². The zero-order valence-corrected chi connectivity index (χ0v) is 31.4. The van der Waals surface area contributed by atoms with Gasteiger partial charge < -0.3 is 109 Å². The van der Waals surface area contributed by atoms with Gasteiger partial charge in [0.05, 0.1) is 33.5 Å². The van der Waals surface area contributed by atoms with Crippen LogP contribution in [0.2, 0.25) is 0 Å². The molecular weight excluding hydrogens is 776 g/mol. The number of hydrogen-bond donors (Lipinski definition) is 13. The van der Waals surface area contributed by atoms with Crippen LogP contribution in [0.3, 0.4) is 0 Å². The molecule has 0 aromatic carbocycles. The van der Waals surface area contributed by atoms with Gasteiger partial charge in [0.1, 0.15) is 97.7 Å². The van der Waals surface area contributed by atoms with Crippen LogP contribution in [-0.2, 0) is 47.4 Å². The summed E-state index contributed by atoms with van der Waals surface area (Å²) in [5.41, 5.74) is 0. The highest BCUT2D eigenvalue weighted by Gasteiger charge is 2.54. The number of aliphatic hydroxyl groups is 13. The molecule has 20 atom stereocenters.